The van der Waals surface area contributed by atoms with Crippen LogP contribution in [0.1, 0.15) is 77.7 Å². The van der Waals surface area contributed by atoms with Crippen LogP contribution in [0.25, 0.3) is 52.4 Å². The van der Waals surface area contributed by atoms with E-state index in [4.69, 9.17) is 8.75 Å². The molecular weight excluding hydrogens is 595 g/mol. The number of hydrogen-bond acceptors (Lipinski definition) is 6. The maximum absolute atomic E-state index is 4.76. The average Bonchev–Trinajstić information content (AvgIpc) is 3.79. The summed E-state index contributed by atoms with van der Waals surface area (Å²) in [5.41, 5.74) is 9.45. The SMILES string of the molecule is CCCCCCNc1ccc(-c2ccc(-c3cc4sc(-c5ccc(CC(CC)CCCC)cc5)cc4s3)c3nsnc23)cc1. The van der Waals surface area contributed by atoms with Crippen LogP contribution in [0.3, 0.4) is 0 Å². The van der Waals surface area contributed by atoms with E-state index in [0.29, 0.717) is 0 Å². The zero-order valence-corrected chi connectivity index (χ0v) is 28.6. The minimum absolute atomic E-state index is 0.799. The normalized spacial score (nSPS) is 12.3. The van der Waals surface area contributed by atoms with Gasteiger partial charge in [-0.1, -0.05) is 114 Å². The molecule has 3 nitrogen and oxygen atoms in total. The van der Waals surface area contributed by atoms with E-state index >= 15 is 0 Å². The number of fused-ring (bicyclic) bond motifs is 2. The molecule has 3 heterocycles. The molecule has 0 saturated heterocycles. The van der Waals surface area contributed by atoms with E-state index in [2.05, 4.69) is 98.9 Å². The van der Waals surface area contributed by atoms with E-state index < -0.39 is 0 Å². The average molecular weight is 638 g/mol. The Labute approximate surface area is 274 Å². The van der Waals surface area contributed by atoms with Gasteiger partial charge in [-0.15, -0.1) is 22.7 Å². The lowest BCUT2D eigenvalue weighted by atomic mass is 9.91. The summed E-state index contributed by atoms with van der Waals surface area (Å²) >= 11 is 5.06. The number of benzene rings is 3. The number of thiophene rings is 2. The van der Waals surface area contributed by atoms with Crippen molar-refractivity contribution in [3.05, 3.63) is 78.4 Å². The fourth-order valence-electron chi connectivity index (χ4n) is 6.04. The van der Waals surface area contributed by atoms with Crippen molar-refractivity contribution in [1.29, 1.82) is 0 Å². The van der Waals surface area contributed by atoms with Gasteiger partial charge < -0.3 is 5.32 Å². The first kappa shape index (κ1) is 30.9. The van der Waals surface area contributed by atoms with Gasteiger partial charge in [-0.3, -0.25) is 0 Å². The van der Waals surface area contributed by atoms with Gasteiger partial charge in [0.1, 0.15) is 11.0 Å². The zero-order valence-electron chi connectivity index (χ0n) is 26.2. The Morgan fingerprint density at radius 3 is 2.05 bits per heavy atom. The number of nitrogens with zero attached hydrogens (tertiary/aromatic N) is 2. The van der Waals surface area contributed by atoms with E-state index in [1.165, 1.54) is 117 Å². The fraction of sp³-hybridized carbons (Fsp3) is 0.368. The first-order chi connectivity index (χ1) is 21.7. The summed E-state index contributed by atoms with van der Waals surface area (Å²) in [6, 6.07) is 27.3. The molecule has 6 heteroatoms. The predicted molar refractivity (Wildman–Crippen MR) is 197 cm³/mol. The summed E-state index contributed by atoms with van der Waals surface area (Å²) in [5.74, 6) is 0.799. The molecule has 0 aliphatic rings. The van der Waals surface area contributed by atoms with Gasteiger partial charge >= 0.3 is 0 Å². The first-order valence-corrected chi connectivity index (χ1v) is 18.8. The molecule has 6 rings (SSSR count). The molecule has 0 aliphatic carbocycles. The summed E-state index contributed by atoms with van der Waals surface area (Å²) in [6.07, 6.45) is 11.5. The van der Waals surface area contributed by atoms with Crippen molar-refractivity contribution in [2.75, 3.05) is 11.9 Å². The third-order valence-electron chi connectivity index (χ3n) is 8.75. The second kappa shape index (κ2) is 14.8. The highest BCUT2D eigenvalue weighted by molar-refractivity contribution is 7.31. The van der Waals surface area contributed by atoms with Crippen LogP contribution >= 0.6 is 34.4 Å². The highest BCUT2D eigenvalue weighted by atomic mass is 32.1. The number of hydrogen-bond donors (Lipinski definition) is 1. The third kappa shape index (κ3) is 7.09. The van der Waals surface area contributed by atoms with Crippen LogP contribution in [0, 0.1) is 5.92 Å². The minimum Gasteiger partial charge on any atom is -0.385 e. The molecule has 0 aliphatic heterocycles. The molecule has 0 fully saturated rings. The van der Waals surface area contributed by atoms with Crippen LogP contribution < -0.4 is 5.32 Å². The van der Waals surface area contributed by atoms with E-state index in [-0.39, 0.29) is 0 Å². The topological polar surface area (TPSA) is 37.8 Å². The van der Waals surface area contributed by atoms with Crippen molar-refractivity contribution >= 4 is 60.5 Å². The molecule has 0 amide bonds. The molecule has 3 aromatic carbocycles. The van der Waals surface area contributed by atoms with Crippen molar-refractivity contribution in [2.24, 2.45) is 5.92 Å². The smallest absolute Gasteiger partial charge is 0.114 e. The lowest BCUT2D eigenvalue weighted by molar-refractivity contribution is 0.449. The Kier molecular flexibility index (Phi) is 10.4. The Hall–Kier alpha value is -3.06. The lowest BCUT2D eigenvalue weighted by Crippen LogP contribution is -2.03. The molecule has 1 atom stereocenters. The maximum Gasteiger partial charge on any atom is 0.114 e. The van der Waals surface area contributed by atoms with Crippen LogP contribution in [0.2, 0.25) is 0 Å². The van der Waals surface area contributed by atoms with Crippen molar-refractivity contribution in [2.45, 2.75) is 78.6 Å². The number of unbranched alkanes of at least 4 members (excludes halogenated alkanes) is 4. The summed E-state index contributed by atoms with van der Waals surface area (Å²) in [5, 5.41) is 3.56. The standard InChI is InChI=1S/C38H43N3S3/c1-4-7-9-10-22-39-30-18-16-28(17-19-30)31-20-21-32(38-37(31)40-44-41-38)34-25-36-35(43-34)24-33(42-36)29-14-12-27(13-15-29)23-26(6-3)11-8-5-2/h12-21,24-26,39H,4-11,22-23H2,1-3H3. The highest BCUT2D eigenvalue weighted by Gasteiger charge is 2.17. The van der Waals surface area contributed by atoms with Gasteiger partial charge in [0.05, 0.1) is 11.7 Å². The molecule has 0 spiro atoms. The minimum atomic E-state index is 0.799. The van der Waals surface area contributed by atoms with Gasteiger partial charge in [0.15, 0.2) is 0 Å². The Balaban J connectivity index is 1.17. The van der Waals surface area contributed by atoms with Crippen molar-refractivity contribution in [3.63, 3.8) is 0 Å². The number of rotatable bonds is 15. The quantitative estimate of drug-likeness (QED) is 0.114. The molecule has 6 aromatic rings. The predicted octanol–water partition coefficient (Wildman–Crippen LogP) is 12.7. The fourth-order valence-corrected chi connectivity index (χ4v) is 9.04. The van der Waals surface area contributed by atoms with Gasteiger partial charge in [0.2, 0.25) is 0 Å². The zero-order chi connectivity index (χ0) is 30.3. The number of anilines is 1. The number of aromatic nitrogens is 2. The van der Waals surface area contributed by atoms with E-state index in [9.17, 15) is 0 Å². The van der Waals surface area contributed by atoms with Crippen LogP contribution in [-0.2, 0) is 6.42 Å². The van der Waals surface area contributed by atoms with Gasteiger partial charge in [-0.05, 0) is 59.7 Å². The largest absolute Gasteiger partial charge is 0.385 e. The molecule has 3 aromatic heterocycles. The summed E-state index contributed by atoms with van der Waals surface area (Å²) < 4.78 is 12.2. The molecule has 0 radical (unpaired) electrons. The van der Waals surface area contributed by atoms with Crippen molar-refractivity contribution in [1.82, 2.24) is 8.75 Å². The molecule has 44 heavy (non-hydrogen) atoms. The van der Waals surface area contributed by atoms with Gasteiger partial charge in [0.25, 0.3) is 0 Å². The van der Waals surface area contributed by atoms with Crippen LogP contribution in [0.5, 0.6) is 0 Å². The Bertz CT molecular complexity index is 1740. The first-order valence-electron chi connectivity index (χ1n) is 16.4. The summed E-state index contributed by atoms with van der Waals surface area (Å²) in [6.45, 7) is 7.90. The van der Waals surface area contributed by atoms with Crippen LogP contribution in [0.4, 0.5) is 5.69 Å². The Morgan fingerprint density at radius 2 is 1.32 bits per heavy atom. The van der Waals surface area contributed by atoms with Crippen LogP contribution in [-0.4, -0.2) is 15.3 Å². The highest BCUT2D eigenvalue weighted by Crippen LogP contribution is 2.44. The second-order valence-electron chi connectivity index (χ2n) is 12.0. The van der Waals surface area contributed by atoms with Gasteiger partial charge in [0, 0.05) is 42.5 Å². The molecule has 228 valence electrons. The second-order valence-corrected chi connectivity index (χ2v) is 14.7. The van der Waals surface area contributed by atoms with E-state index in [0.717, 1.165) is 29.1 Å². The summed E-state index contributed by atoms with van der Waals surface area (Å²) in [7, 11) is 0. The molecular formula is C38H43N3S3. The number of nitrogens with one attached hydrogen (secondary N) is 1. The molecule has 0 saturated carbocycles. The molecule has 1 unspecified atom stereocenters. The Morgan fingerprint density at radius 1 is 0.659 bits per heavy atom. The lowest BCUT2D eigenvalue weighted by Gasteiger charge is -2.14. The van der Waals surface area contributed by atoms with Crippen molar-refractivity contribution in [3.8, 4) is 32.0 Å². The van der Waals surface area contributed by atoms with E-state index in [1.807, 2.05) is 22.7 Å². The van der Waals surface area contributed by atoms with Crippen LogP contribution in [0.15, 0.2) is 72.8 Å². The monoisotopic (exact) mass is 637 g/mol. The summed E-state index contributed by atoms with van der Waals surface area (Å²) in [4.78, 5) is 2.61. The van der Waals surface area contributed by atoms with Gasteiger partial charge in [-0.25, -0.2) is 0 Å². The van der Waals surface area contributed by atoms with Crippen molar-refractivity contribution < 1.29 is 0 Å². The third-order valence-corrected chi connectivity index (χ3v) is 11.7. The maximum atomic E-state index is 4.76. The molecule has 1 N–H and O–H groups in total. The van der Waals surface area contributed by atoms with Gasteiger partial charge in [-0.2, -0.15) is 8.75 Å². The van der Waals surface area contributed by atoms with E-state index in [1.54, 1.807) is 0 Å². The molecule has 0 bridgehead atoms.